The molecule has 13 nitrogen and oxygen atoms in total. The van der Waals surface area contributed by atoms with Crippen LogP contribution in [0.2, 0.25) is 0 Å². The van der Waals surface area contributed by atoms with Crippen molar-refractivity contribution in [1.29, 1.82) is 0 Å². The lowest BCUT2D eigenvalue weighted by Gasteiger charge is -2.37. The number of hydrogen-bond donors (Lipinski definition) is 5. The molecule has 4 aromatic rings. The van der Waals surface area contributed by atoms with Gasteiger partial charge in [0, 0.05) is 67.2 Å². The summed E-state index contributed by atoms with van der Waals surface area (Å²) < 4.78 is 0. The number of aliphatic hydroxyl groups excluding tert-OH is 1. The number of unbranched alkanes of at least 4 members (excludes halogenated alkanes) is 5. The van der Waals surface area contributed by atoms with Crippen LogP contribution in [0.1, 0.15) is 123 Å². The third kappa shape index (κ3) is 14.3. The third-order valence-corrected chi connectivity index (χ3v) is 14.3. The maximum absolute atomic E-state index is 14.1. The summed E-state index contributed by atoms with van der Waals surface area (Å²) in [6.45, 7) is 14.7. The first-order valence-corrected chi connectivity index (χ1v) is 24.7. The molecule has 2 fully saturated rings. The molecule has 0 aliphatic carbocycles. The second kappa shape index (κ2) is 22.7. The Morgan fingerprint density at radius 2 is 1.64 bits per heavy atom. The number of carbonyl (C=O) groups is 3. The number of nitrogens with zero attached hydrogens (tertiary/aromatic N) is 5. The maximum atomic E-state index is 14.1. The van der Waals surface area contributed by atoms with Gasteiger partial charge in [-0.15, -0.1) is 11.3 Å². The number of aromatic nitrogens is 3. The summed E-state index contributed by atoms with van der Waals surface area (Å²) in [5.41, 5.74) is 11.6. The Hall–Kier alpha value is -4.41. The monoisotopic (exact) mass is 911 g/mol. The SMILES string of the molecule is Cc1ncsc1-c1ccc([C@H](C)NCC2C[C@@H](O)CN2C(=O)[C@@H](NC(=O)CCCCCCCCC(=O)Nc2cccc(Sc3cnc(N4CCC(C)(N)CC4)cn3)c2)C(C)(C)C)cc1. The molecule has 2 aliphatic heterocycles. The molecule has 346 valence electrons. The Kier molecular flexibility index (Phi) is 17.4. The Morgan fingerprint density at radius 1 is 0.953 bits per heavy atom. The van der Waals surface area contributed by atoms with Gasteiger partial charge in [0.15, 0.2) is 0 Å². The van der Waals surface area contributed by atoms with Gasteiger partial charge in [0.25, 0.3) is 0 Å². The van der Waals surface area contributed by atoms with Crippen molar-refractivity contribution in [2.75, 3.05) is 36.4 Å². The summed E-state index contributed by atoms with van der Waals surface area (Å²) in [7, 11) is 0. The van der Waals surface area contributed by atoms with E-state index in [-0.39, 0.29) is 41.9 Å². The van der Waals surface area contributed by atoms with Crippen LogP contribution in [0.3, 0.4) is 0 Å². The van der Waals surface area contributed by atoms with Gasteiger partial charge in [-0.2, -0.15) is 0 Å². The van der Waals surface area contributed by atoms with Crippen molar-refractivity contribution in [1.82, 2.24) is 30.5 Å². The number of likely N-dealkylation sites (tertiary alicyclic amines) is 1. The standard InChI is InChI=1S/C49H69N9O4S2/c1-33(35-18-20-36(21-19-35)45-34(2)54-32-63-45)51-28-38-27-39(59)31-58(38)47(62)46(48(3,4)5)56-43(61)17-12-10-8-7-9-11-16-42(60)55-37-14-13-15-40(26-37)64-44-30-52-41(29-53-44)57-24-22-49(6,50)23-25-57/h13-15,18-21,26,29-30,32-33,38-39,46,51,59H,7-12,16-17,22-25,27-28,31,50H2,1-6H3,(H,55,60)(H,56,61)/t33-,38?,39+,46+/m0/s1. The fourth-order valence-corrected chi connectivity index (χ4v) is 9.96. The van der Waals surface area contributed by atoms with E-state index < -0.39 is 17.6 Å². The summed E-state index contributed by atoms with van der Waals surface area (Å²) in [5, 5.41) is 21.2. The zero-order valence-corrected chi connectivity index (χ0v) is 40.2. The molecule has 6 N–H and O–H groups in total. The van der Waals surface area contributed by atoms with E-state index in [1.165, 1.54) is 16.6 Å². The van der Waals surface area contributed by atoms with E-state index in [0.717, 1.165) is 103 Å². The van der Waals surface area contributed by atoms with E-state index in [1.54, 1.807) is 22.4 Å². The van der Waals surface area contributed by atoms with Gasteiger partial charge < -0.3 is 36.6 Å². The molecule has 1 unspecified atom stereocenters. The number of thiazole rings is 1. The quantitative estimate of drug-likeness (QED) is 0.0539. The van der Waals surface area contributed by atoms with Crippen LogP contribution in [0.4, 0.5) is 11.5 Å². The van der Waals surface area contributed by atoms with E-state index in [2.05, 4.69) is 73.9 Å². The highest BCUT2D eigenvalue weighted by atomic mass is 32.2. The maximum Gasteiger partial charge on any atom is 0.246 e. The Bertz CT molecular complexity index is 2130. The van der Waals surface area contributed by atoms with Crippen molar-refractivity contribution in [3.05, 3.63) is 77.7 Å². The number of β-amino-alcohol motifs (C(OH)–C–C–N with tert-alkyl or cyclic N) is 1. The largest absolute Gasteiger partial charge is 0.391 e. The number of hydrogen-bond acceptors (Lipinski definition) is 12. The molecule has 0 bridgehead atoms. The van der Waals surface area contributed by atoms with Gasteiger partial charge in [-0.3, -0.25) is 14.4 Å². The van der Waals surface area contributed by atoms with E-state index in [9.17, 15) is 19.5 Å². The van der Waals surface area contributed by atoms with E-state index in [1.807, 2.05) is 63.7 Å². The molecular weight excluding hydrogens is 843 g/mol. The van der Waals surface area contributed by atoms with Crippen LogP contribution in [-0.2, 0) is 14.4 Å². The highest BCUT2D eigenvalue weighted by Gasteiger charge is 2.42. The molecule has 6 rings (SSSR count). The minimum absolute atomic E-state index is 0.00855. The summed E-state index contributed by atoms with van der Waals surface area (Å²) in [5.74, 6) is 0.577. The van der Waals surface area contributed by atoms with Crippen LogP contribution in [-0.4, -0.2) is 92.6 Å². The minimum atomic E-state index is -0.707. The van der Waals surface area contributed by atoms with Crippen molar-refractivity contribution >= 4 is 52.3 Å². The number of nitrogens with two attached hydrogens (primary N) is 1. The molecule has 15 heteroatoms. The smallest absolute Gasteiger partial charge is 0.246 e. The van der Waals surface area contributed by atoms with Gasteiger partial charge >= 0.3 is 0 Å². The molecule has 2 aromatic heterocycles. The van der Waals surface area contributed by atoms with Crippen molar-refractivity contribution in [2.24, 2.45) is 11.1 Å². The number of aliphatic hydroxyl groups is 1. The number of aryl methyl sites for hydroxylation is 1. The zero-order valence-electron chi connectivity index (χ0n) is 38.6. The number of nitrogens with one attached hydrogen (secondary N) is 3. The first-order chi connectivity index (χ1) is 30.5. The summed E-state index contributed by atoms with van der Waals surface area (Å²) in [6.07, 6.45) is 11.4. The summed E-state index contributed by atoms with van der Waals surface area (Å²) >= 11 is 3.15. The molecule has 4 heterocycles. The second-order valence-corrected chi connectivity index (χ2v) is 21.0. The van der Waals surface area contributed by atoms with Crippen LogP contribution in [0.15, 0.2) is 76.4 Å². The first kappa shape index (κ1) is 49.0. The molecule has 2 saturated heterocycles. The number of benzene rings is 2. The minimum Gasteiger partial charge on any atom is -0.391 e. The summed E-state index contributed by atoms with van der Waals surface area (Å²) in [6, 6.07) is 15.4. The van der Waals surface area contributed by atoms with Gasteiger partial charge in [0.2, 0.25) is 17.7 Å². The van der Waals surface area contributed by atoms with Crippen molar-refractivity contribution in [2.45, 2.75) is 152 Å². The lowest BCUT2D eigenvalue weighted by Crippen LogP contribution is -2.56. The van der Waals surface area contributed by atoms with Gasteiger partial charge in [0.1, 0.15) is 16.9 Å². The molecule has 4 atom stereocenters. The summed E-state index contributed by atoms with van der Waals surface area (Å²) in [4.78, 5) is 59.8. The predicted octanol–water partition coefficient (Wildman–Crippen LogP) is 8.28. The van der Waals surface area contributed by atoms with E-state index in [4.69, 9.17) is 5.73 Å². The fourth-order valence-electron chi connectivity index (χ4n) is 8.37. The predicted molar refractivity (Wildman–Crippen MR) is 258 cm³/mol. The highest BCUT2D eigenvalue weighted by Crippen LogP contribution is 2.31. The Labute approximate surface area is 388 Å². The molecule has 0 saturated carbocycles. The van der Waals surface area contributed by atoms with Gasteiger partial charge in [0.05, 0.1) is 34.6 Å². The van der Waals surface area contributed by atoms with Crippen LogP contribution in [0, 0.1) is 12.3 Å². The van der Waals surface area contributed by atoms with Gasteiger partial charge in [-0.05, 0) is 87.6 Å². The molecule has 0 radical (unpaired) electrons. The van der Waals surface area contributed by atoms with Crippen LogP contribution in [0.5, 0.6) is 0 Å². The van der Waals surface area contributed by atoms with E-state index in [0.29, 0.717) is 25.8 Å². The molecule has 2 aliphatic rings. The number of amides is 3. The first-order valence-electron chi connectivity index (χ1n) is 23.0. The number of anilines is 2. The Balaban J connectivity index is 0.857. The van der Waals surface area contributed by atoms with Crippen LogP contribution >= 0.6 is 23.1 Å². The fraction of sp³-hybridized carbons (Fsp3) is 0.551. The topological polar surface area (TPSA) is 179 Å². The number of carbonyl (C=O) groups excluding carboxylic acids is 3. The number of piperidine rings is 1. The van der Waals surface area contributed by atoms with Crippen molar-refractivity contribution in [3.63, 3.8) is 0 Å². The van der Waals surface area contributed by atoms with E-state index >= 15 is 0 Å². The van der Waals surface area contributed by atoms with Crippen LogP contribution in [0.25, 0.3) is 10.4 Å². The third-order valence-electron chi connectivity index (χ3n) is 12.4. The zero-order chi connectivity index (χ0) is 45.9. The second-order valence-electron chi connectivity index (χ2n) is 19.1. The lowest BCUT2D eigenvalue weighted by molar-refractivity contribution is -0.140. The molecule has 64 heavy (non-hydrogen) atoms. The molecule has 2 aromatic carbocycles. The number of rotatable bonds is 20. The molecule has 0 spiro atoms. The van der Waals surface area contributed by atoms with Crippen LogP contribution < -0.4 is 26.6 Å². The average molecular weight is 912 g/mol. The van der Waals surface area contributed by atoms with Gasteiger partial charge in [-0.1, -0.05) is 88.5 Å². The lowest BCUT2D eigenvalue weighted by atomic mass is 9.85. The van der Waals surface area contributed by atoms with Crippen molar-refractivity contribution < 1.29 is 19.5 Å². The average Bonchev–Trinajstić information content (AvgIpc) is 3.87. The normalized spacial score (nSPS) is 18.4. The highest BCUT2D eigenvalue weighted by molar-refractivity contribution is 7.99. The molecule has 3 amide bonds. The van der Waals surface area contributed by atoms with Gasteiger partial charge in [-0.25, -0.2) is 15.0 Å². The van der Waals surface area contributed by atoms with Crippen molar-refractivity contribution in [3.8, 4) is 10.4 Å². The Morgan fingerprint density at radius 3 is 2.28 bits per heavy atom. The molecular formula is C49H69N9O4S2.